The van der Waals surface area contributed by atoms with Gasteiger partial charge in [0.15, 0.2) is 5.96 Å². The van der Waals surface area contributed by atoms with E-state index in [1.165, 1.54) is 0 Å². The van der Waals surface area contributed by atoms with Crippen LogP contribution in [-0.2, 0) is 4.74 Å². The third-order valence-electron chi connectivity index (χ3n) is 2.28. The summed E-state index contributed by atoms with van der Waals surface area (Å²) in [6.07, 6.45) is 0. The van der Waals surface area contributed by atoms with Crippen LogP contribution >= 0.6 is 15.9 Å². The second-order valence-corrected chi connectivity index (χ2v) is 4.64. The van der Waals surface area contributed by atoms with Crippen LogP contribution in [0.5, 0.6) is 5.75 Å². The largest absolute Gasteiger partial charge is 0.492 e. The van der Waals surface area contributed by atoms with E-state index in [1.54, 1.807) is 14.2 Å². The predicted molar refractivity (Wildman–Crippen MR) is 80.9 cm³/mol. The van der Waals surface area contributed by atoms with Gasteiger partial charge in [0.25, 0.3) is 0 Å². The van der Waals surface area contributed by atoms with E-state index in [1.807, 2.05) is 24.3 Å². The lowest BCUT2D eigenvalue weighted by Gasteiger charge is -2.12. The smallest absolute Gasteiger partial charge is 0.191 e. The minimum Gasteiger partial charge on any atom is -0.492 e. The molecular weight excluding hydrogens is 310 g/mol. The third kappa shape index (κ3) is 7.03. The summed E-state index contributed by atoms with van der Waals surface area (Å²) < 4.78 is 11.6. The SMILES string of the molecule is CN=C(NCCOC)NCCOc1cccc(Br)c1. The zero-order valence-electron chi connectivity index (χ0n) is 11.3. The van der Waals surface area contributed by atoms with Crippen molar-refractivity contribution in [2.45, 2.75) is 0 Å². The van der Waals surface area contributed by atoms with E-state index in [-0.39, 0.29) is 0 Å². The standard InChI is InChI=1S/C13H20BrN3O2/c1-15-13(16-6-8-18-2)17-7-9-19-12-5-3-4-11(14)10-12/h3-5,10H,6-9H2,1-2H3,(H2,15,16,17). The Labute approximate surface area is 122 Å². The molecule has 2 N–H and O–H groups in total. The highest BCUT2D eigenvalue weighted by atomic mass is 79.9. The van der Waals surface area contributed by atoms with E-state index in [2.05, 4.69) is 31.6 Å². The Morgan fingerprint density at radius 1 is 1.26 bits per heavy atom. The maximum absolute atomic E-state index is 5.61. The second-order valence-electron chi connectivity index (χ2n) is 3.72. The first-order valence-electron chi connectivity index (χ1n) is 6.08. The van der Waals surface area contributed by atoms with Gasteiger partial charge in [0.2, 0.25) is 0 Å². The number of aliphatic imine (C=N–C) groups is 1. The van der Waals surface area contributed by atoms with Crippen molar-refractivity contribution in [2.75, 3.05) is 40.5 Å². The molecule has 0 unspecified atom stereocenters. The molecule has 106 valence electrons. The van der Waals surface area contributed by atoms with Crippen LogP contribution in [0.25, 0.3) is 0 Å². The van der Waals surface area contributed by atoms with Crippen molar-refractivity contribution < 1.29 is 9.47 Å². The van der Waals surface area contributed by atoms with E-state index in [9.17, 15) is 0 Å². The number of halogens is 1. The van der Waals surface area contributed by atoms with Crippen molar-refractivity contribution in [3.63, 3.8) is 0 Å². The van der Waals surface area contributed by atoms with Crippen LogP contribution in [0.2, 0.25) is 0 Å². The van der Waals surface area contributed by atoms with E-state index >= 15 is 0 Å². The van der Waals surface area contributed by atoms with E-state index in [4.69, 9.17) is 9.47 Å². The monoisotopic (exact) mass is 329 g/mol. The van der Waals surface area contributed by atoms with Crippen LogP contribution < -0.4 is 15.4 Å². The van der Waals surface area contributed by atoms with Gasteiger partial charge in [0, 0.05) is 25.2 Å². The molecule has 0 aliphatic carbocycles. The molecule has 0 spiro atoms. The molecule has 0 aliphatic heterocycles. The van der Waals surface area contributed by atoms with Crippen molar-refractivity contribution in [3.8, 4) is 5.75 Å². The van der Waals surface area contributed by atoms with Gasteiger partial charge in [0.1, 0.15) is 12.4 Å². The topological polar surface area (TPSA) is 54.9 Å². The maximum Gasteiger partial charge on any atom is 0.191 e. The molecular formula is C13H20BrN3O2. The zero-order chi connectivity index (χ0) is 13.9. The number of ether oxygens (including phenoxy) is 2. The summed E-state index contributed by atoms with van der Waals surface area (Å²) in [4.78, 5) is 4.09. The van der Waals surface area contributed by atoms with Crippen LogP contribution in [0, 0.1) is 0 Å². The number of hydrogen-bond donors (Lipinski definition) is 2. The molecule has 0 atom stereocenters. The van der Waals surface area contributed by atoms with E-state index in [0.29, 0.717) is 19.8 Å². The summed E-state index contributed by atoms with van der Waals surface area (Å²) in [6, 6.07) is 7.77. The molecule has 0 amide bonds. The molecule has 0 aliphatic rings. The highest BCUT2D eigenvalue weighted by Crippen LogP contribution is 2.17. The fourth-order valence-corrected chi connectivity index (χ4v) is 1.77. The highest BCUT2D eigenvalue weighted by Gasteiger charge is 1.97. The van der Waals surface area contributed by atoms with Crippen molar-refractivity contribution >= 4 is 21.9 Å². The fraction of sp³-hybridized carbons (Fsp3) is 0.462. The Bertz CT molecular complexity index is 399. The molecule has 0 saturated heterocycles. The van der Waals surface area contributed by atoms with Gasteiger partial charge in [0.05, 0.1) is 13.2 Å². The van der Waals surface area contributed by atoms with Gasteiger partial charge in [-0.05, 0) is 18.2 Å². The average Bonchev–Trinajstić information content (AvgIpc) is 2.41. The number of rotatable bonds is 7. The summed E-state index contributed by atoms with van der Waals surface area (Å²) in [7, 11) is 3.40. The molecule has 19 heavy (non-hydrogen) atoms. The van der Waals surface area contributed by atoms with Crippen LogP contribution in [0.1, 0.15) is 0 Å². The van der Waals surface area contributed by atoms with Gasteiger partial charge in [-0.2, -0.15) is 0 Å². The first kappa shape index (κ1) is 15.8. The Morgan fingerprint density at radius 2 is 2.00 bits per heavy atom. The zero-order valence-corrected chi connectivity index (χ0v) is 12.9. The van der Waals surface area contributed by atoms with Crippen LogP contribution in [-0.4, -0.2) is 46.4 Å². The van der Waals surface area contributed by atoms with Gasteiger partial charge >= 0.3 is 0 Å². The van der Waals surface area contributed by atoms with E-state index < -0.39 is 0 Å². The lowest BCUT2D eigenvalue weighted by Crippen LogP contribution is -2.40. The number of methoxy groups -OCH3 is 1. The molecule has 0 saturated carbocycles. The molecule has 1 aromatic rings. The minimum atomic E-state index is 0.571. The summed E-state index contributed by atoms with van der Waals surface area (Å²) in [5.74, 6) is 1.59. The summed E-state index contributed by atoms with van der Waals surface area (Å²) in [5.41, 5.74) is 0. The number of nitrogens with one attached hydrogen (secondary N) is 2. The van der Waals surface area contributed by atoms with Gasteiger partial charge in [-0.3, -0.25) is 4.99 Å². The van der Waals surface area contributed by atoms with Crippen molar-refractivity contribution in [1.82, 2.24) is 10.6 Å². The molecule has 5 nitrogen and oxygen atoms in total. The summed E-state index contributed by atoms with van der Waals surface area (Å²) in [5, 5.41) is 6.29. The van der Waals surface area contributed by atoms with Gasteiger partial charge in [-0.1, -0.05) is 22.0 Å². The summed E-state index contributed by atoms with van der Waals surface area (Å²) >= 11 is 3.40. The normalized spacial score (nSPS) is 11.2. The number of guanidine groups is 1. The lowest BCUT2D eigenvalue weighted by molar-refractivity contribution is 0.203. The first-order chi connectivity index (χ1) is 9.26. The van der Waals surface area contributed by atoms with Crippen molar-refractivity contribution in [1.29, 1.82) is 0 Å². The minimum absolute atomic E-state index is 0.571. The van der Waals surface area contributed by atoms with Crippen LogP contribution in [0.3, 0.4) is 0 Å². The van der Waals surface area contributed by atoms with E-state index in [0.717, 1.165) is 22.7 Å². The Hall–Kier alpha value is -1.27. The quantitative estimate of drug-likeness (QED) is 0.453. The number of hydrogen-bond acceptors (Lipinski definition) is 3. The molecule has 0 aromatic heterocycles. The molecule has 0 bridgehead atoms. The third-order valence-corrected chi connectivity index (χ3v) is 2.77. The second kappa shape index (κ2) is 9.63. The number of benzene rings is 1. The predicted octanol–water partition coefficient (Wildman–Crippen LogP) is 1.64. The average molecular weight is 330 g/mol. The summed E-state index contributed by atoms with van der Waals surface area (Å²) in [6.45, 7) is 2.62. The molecule has 0 radical (unpaired) electrons. The van der Waals surface area contributed by atoms with Gasteiger partial charge in [-0.15, -0.1) is 0 Å². The molecule has 0 fully saturated rings. The van der Waals surface area contributed by atoms with Crippen molar-refractivity contribution in [2.24, 2.45) is 4.99 Å². The Kier molecular flexibility index (Phi) is 8.00. The lowest BCUT2D eigenvalue weighted by atomic mass is 10.3. The van der Waals surface area contributed by atoms with Gasteiger partial charge < -0.3 is 20.1 Å². The van der Waals surface area contributed by atoms with Crippen LogP contribution in [0.4, 0.5) is 0 Å². The molecule has 1 aromatic carbocycles. The van der Waals surface area contributed by atoms with Crippen LogP contribution in [0.15, 0.2) is 33.7 Å². The molecule has 6 heteroatoms. The number of nitrogens with zero attached hydrogens (tertiary/aromatic N) is 1. The fourth-order valence-electron chi connectivity index (χ4n) is 1.39. The Balaban J connectivity index is 2.18. The highest BCUT2D eigenvalue weighted by molar-refractivity contribution is 9.10. The molecule has 0 heterocycles. The first-order valence-corrected chi connectivity index (χ1v) is 6.87. The maximum atomic E-state index is 5.61. The molecule has 1 rings (SSSR count). The van der Waals surface area contributed by atoms with Gasteiger partial charge in [-0.25, -0.2) is 0 Å². The van der Waals surface area contributed by atoms with Crippen molar-refractivity contribution in [3.05, 3.63) is 28.7 Å². The Morgan fingerprint density at radius 3 is 2.63 bits per heavy atom.